The number of carbonyl (C=O) groups is 2. The van der Waals surface area contributed by atoms with E-state index in [2.05, 4.69) is 21.7 Å². The third-order valence-electron chi connectivity index (χ3n) is 5.74. The van der Waals surface area contributed by atoms with Gasteiger partial charge in [0.25, 0.3) is 5.91 Å². The Bertz CT molecular complexity index is 1150. The lowest BCUT2D eigenvalue weighted by atomic mass is 10.1. The summed E-state index contributed by atoms with van der Waals surface area (Å²) < 4.78 is 0. The molecule has 2 heterocycles. The van der Waals surface area contributed by atoms with Gasteiger partial charge < -0.3 is 14.7 Å². The molecule has 1 aliphatic rings. The topological polar surface area (TPSA) is 69.6 Å². The number of amides is 2. The number of aromatic nitrogens is 2. The zero-order valence-electron chi connectivity index (χ0n) is 18.8. The van der Waals surface area contributed by atoms with Gasteiger partial charge in [-0.3, -0.25) is 9.59 Å². The summed E-state index contributed by atoms with van der Waals surface area (Å²) in [6, 6.07) is 20.3. The molecular weight excluding hydrogens is 450 g/mol. The second kappa shape index (κ2) is 10.9. The van der Waals surface area contributed by atoms with Crippen LogP contribution in [0.15, 0.2) is 79.4 Å². The van der Waals surface area contributed by atoms with Crippen LogP contribution in [0.5, 0.6) is 0 Å². The van der Waals surface area contributed by atoms with Crippen molar-refractivity contribution in [1.82, 2.24) is 20.0 Å². The first-order chi connectivity index (χ1) is 16.6. The maximum Gasteiger partial charge on any atom is 0.254 e. The van der Waals surface area contributed by atoms with Crippen LogP contribution in [0.2, 0.25) is 5.02 Å². The van der Waals surface area contributed by atoms with Crippen molar-refractivity contribution < 1.29 is 9.59 Å². The van der Waals surface area contributed by atoms with Gasteiger partial charge in [-0.25, -0.2) is 0 Å². The maximum absolute atomic E-state index is 12.9. The van der Waals surface area contributed by atoms with Gasteiger partial charge in [0.05, 0.1) is 10.7 Å². The van der Waals surface area contributed by atoms with Gasteiger partial charge in [0.2, 0.25) is 5.91 Å². The number of carbonyl (C=O) groups excluding carboxylic acids is 2. The number of piperazine rings is 1. The highest BCUT2D eigenvalue weighted by atomic mass is 35.5. The predicted molar refractivity (Wildman–Crippen MR) is 134 cm³/mol. The van der Waals surface area contributed by atoms with Gasteiger partial charge in [-0.05, 0) is 30.3 Å². The Balaban J connectivity index is 1.34. The standard InChI is InChI=1S/C26H26ClN5O2/c1-2-14-32(26(34)20-8-4-3-5-9-20)19-25(33)31-17-15-30(16-18-31)24-13-12-23(28-29-24)21-10-6-7-11-22(21)27/h2-13H,1,14-19H2. The number of anilines is 1. The van der Waals surface area contributed by atoms with Crippen LogP contribution in [0.25, 0.3) is 11.3 Å². The van der Waals surface area contributed by atoms with Crippen molar-refractivity contribution in [3.05, 3.63) is 90.0 Å². The van der Waals surface area contributed by atoms with E-state index in [4.69, 9.17) is 11.6 Å². The molecule has 1 saturated heterocycles. The van der Waals surface area contributed by atoms with Crippen molar-refractivity contribution in [2.24, 2.45) is 0 Å². The minimum absolute atomic E-state index is 0.0199. The first-order valence-electron chi connectivity index (χ1n) is 11.1. The number of nitrogens with zero attached hydrogens (tertiary/aromatic N) is 5. The highest BCUT2D eigenvalue weighted by Gasteiger charge is 2.25. The summed E-state index contributed by atoms with van der Waals surface area (Å²) in [5, 5.41) is 9.34. The van der Waals surface area contributed by atoms with Crippen LogP contribution in [-0.4, -0.2) is 71.1 Å². The molecule has 0 saturated carbocycles. The Morgan fingerprint density at radius 2 is 1.65 bits per heavy atom. The van der Waals surface area contributed by atoms with Crippen LogP contribution in [0.4, 0.5) is 5.82 Å². The Labute approximate surface area is 204 Å². The van der Waals surface area contributed by atoms with E-state index < -0.39 is 0 Å². The molecule has 2 aromatic carbocycles. The summed E-state index contributed by atoms with van der Waals surface area (Å²) in [6.07, 6.45) is 1.64. The summed E-state index contributed by atoms with van der Waals surface area (Å²) in [4.78, 5) is 31.2. The molecule has 1 fully saturated rings. The largest absolute Gasteiger partial charge is 0.352 e. The SMILES string of the molecule is C=CCN(CC(=O)N1CCN(c2ccc(-c3ccccc3Cl)nn2)CC1)C(=O)c1ccccc1. The van der Waals surface area contributed by atoms with Gasteiger partial charge in [-0.1, -0.05) is 54.1 Å². The molecule has 174 valence electrons. The zero-order valence-corrected chi connectivity index (χ0v) is 19.6. The molecule has 1 aromatic heterocycles. The van der Waals surface area contributed by atoms with E-state index in [1.165, 1.54) is 4.90 Å². The van der Waals surface area contributed by atoms with Crippen molar-refractivity contribution in [2.45, 2.75) is 0 Å². The third kappa shape index (κ3) is 5.43. The quantitative estimate of drug-likeness (QED) is 0.486. The normalized spacial score (nSPS) is 13.4. The average Bonchev–Trinajstić information content (AvgIpc) is 2.89. The molecule has 0 radical (unpaired) electrons. The molecule has 8 heteroatoms. The van der Waals surface area contributed by atoms with Crippen LogP contribution in [0.3, 0.4) is 0 Å². The first-order valence-corrected chi connectivity index (χ1v) is 11.5. The third-order valence-corrected chi connectivity index (χ3v) is 6.07. The molecule has 7 nitrogen and oxygen atoms in total. The Hall–Kier alpha value is -3.71. The number of benzene rings is 2. The molecule has 0 atom stereocenters. The number of hydrogen-bond acceptors (Lipinski definition) is 5. The van der Waals surface area contributed by atoms with Gasteiger partial charge >= 0.3 is 0 Å². The zero-order chi connectivity index (χ0) is 23.9. The fraction of sp³-hybridized carbons (Fsp3) is 0.231. The predicted octanol–water partition coefficient (Wildman–Crippen LogP) is 3.77. The number of halogens is 1. The van der Waals surface area contributed by atoms with E-state index in [9.17, 15) is 9.59 Å². The number of hydrogen-bond donors (Lipinski definition) is 0. The Morgan fingerprint density at radius 3 is 2.29 bits per heavy atom. The average molecular weight is 476 g/mol. The Kier molecular flexibility index (Phi) is 7.54. The molecule has 4 rings (SSSR count). The monoisotopic (exact) mass is 475 g/mol. The molecule has 34 heavy (non-hydrogen) atoms. The molecule has 2 amide bonds. The molecule has 3 aromatic rings. The van der Waals surface area contributed by atoms with E-state index >= 15 is 0 Å². The summed E-state index contributed by atoms with van der Waals surface area (Å²) in [5.41, 5.74) is 2.11. The van der Waals surface area contributed by atoms with Crippen LogP contribution in [0, 0.1) is 0 Å². The van der Waals surface area contributed by atoms with Gasteiger partial charge in [0, 0.05) is 43.9 Å². The van der Waals surface area contributed by atoms with Gasteiger partial charge in [0.15, 0.2) is 5.82 Å². The van der Waals surface area contributed by atoms with Crippen LogP contribution in [0.1, 0.15) is 10.4 Å². The molecule has 0 N–H and O–H groups in total. The van der Waals surface area contributed by atoms with Crippen molar-refractivity contribution in [3.8, 4) is 11.3 Å². The maximum atomic E-state index is 12.9. The molecule has 0 bridgehead atoms. The minimum Gasteiger partial charge on any atom is -0.352 e. The highest BCUT2D eigenvalue weighted by Crippen LogP contribution is 2.26. The molecule has 0 spiro atoms. The van der Waals surface area contributed by atoms with Crippen molar-refractivity contribution in [3.63, 3.8) is 0 Å². The van der Waals surface area contributed by atoms with E-state index in [1.54, 1.807) is 23.1 Å². The summed E-state index contributed by atoms with van der Waals surface area (Å²) in [6.45, 7) is 6.43. The van der Waals surface area contributed by atoms with Crippen LogP contribution < -0.4 is 4.90 Å². The molecular formula is C26H26ClN5O2. The molecule has 0 aliphatic carbocycles. The van der Waals surface area contributed by atoms with Gasteiger partial charge in [-0.15, -0.1) is 16.8 Å². The summed E-state index contributed by atoms with van der Waals surface area (Å²) in [5.74, 6) is 0.503. The molecule has 1 aliphatic heterocycles. The van der Waals surface area contributed by atoms with Gasteiger partial charge in [0.1, 0.15) is 6.54 Å². The van der Waals surface area contributed by atoms with E-state index in [-0.39, 0.29) is 18.4 Å². The van der Waals surface area contributed by atoms with Crippen LogP contribution in [-0.2, 0) is 4.79 Å². The lowest BCUT2D eigenvalue weighted by Crippen LogP contribution is -2.52. The highest BCUT2D eigenvalue weighted by molar-refractivity contribution is 6.33. The van der Waals surface area contributed by atoms with Gasteiger partial charge in [-0.2, -0.15) is 0 Å². The fourth-order valence-electron chi connectivity index (χ4n) is 3.89. The summed E-state index contributed by atoms with van der Waals surface area (Å²) in [7, 11) is 0. The van der Waals surface area contributed by atoms with Crippen LogP contribution >= 0.6 is 11.6 Å². The second-order valence-corrected chi connectivity index (χ2v) is 8.37. The lowest BCUT2D eigenvalue weighted by molar-refractivity contribution is -0.132. The number of rotatable bonds is 7. The van der Waals surface area contributed by atoms with E-state index in [0.717, 1.165) is 11.4 Å². The first kappa shape index (κ1) is 23.4. The van der Waals surface area contributed by atoms with Crippen molar-refractivity contribution >= 4 is 29.2 Å². The lowest BCUT2D eigenvalue weighted by Gasteiger charge is -2.36. The Morgan fingerprint density at radius 1 is 0.941 bits per heavy atom. The second-order valence-electron chi connectivity index (χ2n) is 7.96. The smallest absolute Gasteiger partial charge is 0.254 e. The molecule has 0 unspecified atom stereocenters. The van der Waals surface area contributed by atoms with Crippen molar-refractivity contribution in [2.75, 3.05) is 44.2 Å². The summed E-state index contributed by atoms with van der Waals surface area (Å²) >= 11 is 6.26. The fourth-order valence-corrected chi connectivity index (χ4v) is 4.13. The minimum atomic E-state index is -0.179. The van der Waals surface area contributed by atoms with E-state index in [1.807, 2.05) is 54.6 Å². The van der Waals surface area contributed by atoms with E-state index in [0.29, 0.717) is 49.0 Å². The van der Waals surface area contributed by atoms with Crippen molar-refractivity contribution in [1.29, 1.82) is 0 Å².